The van der Waals surface area contributed by atoms with Crippen LogP contribution in [0, 0.1) is 6.92 Å². The van der Waals surface area contributed by atoms with Crippen LogP contribution in [0.2, 0.25) is 0 Å². The number of rotatable bonds is 5. The van der Waals surface area contributed by atoms with E-state index in [0.717, 1.165) is 23.5 Å². The molecule has 26 heavy (non-hydrogen) atoms. The van der Waals surface area contributed by atoms with Crippen molar-refractivity contribution < 1.29 is 14.1 Å². The van der Waals surface area contributed by atoms with Crippen molar-refractivity contribution in [2.75, 3.05) is 23.7 Å². The smallest absolute Gasteiger partial charge is 0.321 e. The number of hydrogen-bond acceptors (Lipinski definition) is 7. The van der Waals surface area contributed by atoms with Gasteiger partial charge in [0.1, 0.15) is 5.76 Å². The van der Waals surface area contributed by atoms with Crippen molar-refractivity contribution in [2.24, 2.45) is 0 Å². The van der Waals surface area contributed by atoms with Gasteiger partial charge in [0.25, 0.3) is 0 Å². The monoisotopic (exact) mass is 378 g/mol. The summed E-state index contributed by atoms with van der Waals surface area (Å²) < 4.78 is 4.94. The van der Waals surface area contributed by atoms with E-state index in [9.17, 15) is 9.59 Å². The molecule has 0 unspecified atom stereocenters. The van der Waals surface area contributed by atoms with Gasteiger partial charge in [0.05, 0.1) is 12.2 Å². The zero-order valence-corrected chi connectivity index (χ0v) is 15.8. The Labute approximate surface area is 155 Å². The minimum Gasteiger partial charge on any atom is -0.360 e. The fourth-order valence-corrected chi connectivity index (χ4v) is 3.69. The van der Waals surface area contributed by atoms with Crippen molar-refractivity contribution >= 4 is 34.2 Å². The normalized spacial score (nSPS) is 14.2. The molecule has 140 valence electrons. The molecule has 0 bridgehead atoms. The Kier molecular flexibility index (Phi) is 5.52. The summed E-state index contributed by atoms with van der Waals surface area (Å²) in [6, 6.07) is 1.48. The number of urea groups is 1. The summed E-state index contributed by atoms with van der Waals surface area (Å²) in [6.07, 6.45) is 0.746. The second-order valence-corrected chi connectivity index (χ2v) is 7.56. The third-order valence-corrected chi connectivity index (χ3v) is 4.71. The van der Waals surface area contributed by atoms with Crippen LogP contribution in [0.3, 0.4) is 0 Å². The first-order chi connectivity index (χ1) is 12.4. The first-order valence-electron chi connectivity index (χ1n) is 8.40. The summed E-state index contributed by atoms with van der Waals surface area (Å²) in [4.78, 5) is 31.5. The average molecular weight is 378 g/mol. The molecule has 3 N–H and O–H groups in total. The number of fused-ring (bicyclic) bond motifs is 1. The Balaban J connectivity index is 1.54. The van der Waals surface area contributed by atoms with Crippen LogP contribution in [0.1, 0.15) is 30.2 Å². The van der Waals surface area contributed by atoms with E-state index in [1.54, 1.807) is 13.0 Å². The number of hydrogen-bond donors (Lipinski definition) is 3. The highest BCUT2D eigenvalue weighted by molar-refractivity contribution is 7.15. The van der Waals surface area contributed by atoms with Gasteiger partial charge in [-0.05, 0) is 20.8 Å². The minimum absolute atomic E-state index is 0.0621. The predicted octanol–water partition coefficient (Wildman–Crippen LogP) is 1.97. The van der Waals surface area contributed by atoms with E-state index in [2.05, 4.69) is 26.1 Å². The molecule has 0 radical (unpaired) electrons. The summed E-state index contributed by atoms with van der Waals surface area (Å²) in [6.45, 7) is 7.20. The lowest BCUT2D eigenvalue weighted by Gasteiger charge is -2.24. The van der Waals surface area contributed by atoms with Crippen molar-refractivity contribution in [3.8, 4) is 0 Å². The number of thiazole rings is 1. The van der Waals surface area contributed by atoms with Gasteiger partial charge < -0.3 is 15.2 Å². The zero-order chi connectivity index (χ0) is 18.7. The standard InChI is InChI=1S/C16H22N6O3S/c1-9(2)17-15(24)20-16-18-11-4-5-22(7-12(11)26-16)8-14(23)19-13-6-10(3)25-21-13/h6,9H,4-5,7-8H2,1-3H3,(H,19,21,23)(H2,17,18,20,24). The number of aromatic nitrogens is 2. The lowest BCUT2D eigenvalue weighted by Crippen LogP contribution is -2.36. The van der Waals surface area contributed by atoms with Crippen molar-refractivity contribution in [3.63, 3.8) is 0 Å². The average Bonchev–Trinajstić information content (AvgIpc) is 3.11. The molecule has 9 nitrogen and oxygen atoms in total. The number of carbonyl (C=O) groups excluding carboxylic acids is 2. The van der Waals surface area contributed by atoms with Gasteiger partial charge in [0.15, 0.2) is 10.9 Å². The van der Waals surface area contributed by atoms with E-state index in [0.29, 0.717) is 23.3 Å². The number of aryl methyl sites for hydroxylation is 1. The summed E-state index contributed by atoms with van der Waals surface area (Å²) >= 11 is 1.45. The molecule has 0 fully saturated rings. The maximum Gasteiger partial charge on any atom is 0.321 e. The third kappa shape index (κ3) is 4.79. The van der Waals surface area contributed by atoms with E-state index in [4.69, 9.17) is 4.52 Å². The third-order valence-electron chi connectivity index (χ3n) is 3.71. The second-order valence-electron chi connectivity index (χ2n) is 6.47. The quantitative estimate of drug-likeness (QED) is 0.733. The fraction of sp³-hybridized carbons (Fsp3) is 0.500. The van der Waals surface area contributed by atoms with Crippen molar-refractivity contribution in [2.45, 2.75) is 39.8 Å². The molecule has 3 heterocycles. The number of anilines is 2. The van der Waals surface area contributed by atoms with Gasteiger partial charge in [0, 0.05) is 36.5 Å². The molecule has 3 rings (SSSR count). The van der Waals surface area contributed by atoms with Crippen LogP contribution in [0.4, 0.5) is 15.7 Å². The van der Waals surface area contributed by atoms with E-state index in [-0.39, 0.29) is 24.5 Å². The maximum atomic E-state index is 12.1. The Morgan fingerprint density at radius 2 is 2.19 bits per heavy atom. The van der Waals surface area contributed by atoms with Crippen LogP contribution in [0.5, 0.6) is 0 Å². The molecule has 0 saturated carbocycles. The van der Waals surface area contributed by atoms with Gasteiger partial charge in [-0.25, -0.2) is 9.78 Å². The summed E-state index contributed by atoms with van der Waals surface area (Å²) in [5.74, 6) is 0.931. The van der Waals surface area contributed by atoms with E-state index < -0.39 is 0 Å². The van der Waals surface area contributed by atoms with Gasteiger partial charge in [-0.15, -0.1) is 11.3 Å². The number of amides is 3. The Morgan fingerprint density at radius 3 is 2.88 bits per heavy atom. The highest BCUT2D eigenvalue weighted by Crippen LogP contribution is 2.28. The van der Waals surface area contributed by atoms with Crippen LogP contribution in [0.25, 0.3) is 0 Å². The highest BCUT2D eigenvalue weighted by atomic mass is 32.1. The van der Waals surface area contributed by atoms with Crippen LogP contribution in [-0.4, -0.2) is 46.1 Å². The maximum absolute atomic E-state index is 12.1. The first kappa shape index (κ1) is 18.3. The molecule has 0 spiro atoms. The fourth-order valence-electron chi connectivity index (χ4n) is 2.64. The molecular formula is C16H22N6O3S. The van der Waals surface area contributed by atoms with Crippen molar-refractivity contribution in [3.05, 3.63) is 22.4 Å². The van der Waals surface area contributed by atoms with Crippen LogP contribution < -0.4 is 16.0 Å². The Morgan fingerprint density at radius 1 is 1.38 bits per heavy atom. The minimum atomic E-state index is -0.259. The van der Waals surface area contributed by atoms with Gasteiger partial charge in [0.2, 0.25) is 5.91 Å². The molecule has 3 amide bonds. The first-order valence-corrected chi connectivity index (χ1v) is 9.22. The molecule has 0 atom stereocenters. The van der Waals surface area contributed by atoms with Crippen LogP contribution in [-0.2, 0) is 17.8 Å². The summed E-state index contributed by atoms with van der Waals surface area (Å²) in [5, 5.41) is 12.6. The largest absolute Gasteiger partial charge is 0.360 e. The Hall–Kier alpha value is -2.46. The molecular weight excluding hydrogens is 356 g/mol. The van der Waals surface area contributed by atoms with Crippen LogP contribution >= 0.6 is 11.3 Å². The molecule has 2 aromatic heterocycles. The number of nitrogens with one attached hydrogen (secondary N) is 3. The molecule has 0 saturated heterocycles. The van der Waals surface area contributed by atoms with E-state index in [1.807, 2.05) is 18.7 Å². The van der Waals surface area contributed by atoms with Gasteiger partial charge in [-0.3, -0.25) is 15.0 Å². The lowest BCUT2D eigenvalue weighted by molar-refractivity contribution is -0.117. The van der Waals surface area contributed by atoms with Gasteiger partial charge in [-0.1, -0.05) is 5.16 Å². The van der Waals surface area contributed by atoms with Crippen molar-refractivity contribution in [1.29, 1.82) is 0 Å². The van der Waals surface area contributed by atoms with Gasteiger partial charge >= 0.3 is 6.03 Å². The highest BCUT2D eigenvalue weighted by Gasteiger charge is 2.23. The number of carbonyl (C=O) groups is 2. The molecule has 1 aliphatic heterocycles. The topological polar surface area (TPSA) is 112 Å². The Bertz CT molecular complexity index is 800. The lowest BCUT2D eigenvalue weighted by atomic mass is 10.2. The van der Waals surface area contributed by atoms with E-state index >= 15 is 0 Å². The SMILES string of the molecule is Cc1cc(NC(=O)CN2CCc3nc(NC(=O)NC(C)C)sc3C2)no1. The summed E-state index contributed by atoms with van der Waals surface area (Å²) in [7, 11) is 0. The van der Waals surface area contributed by atoms with E-state index in [1.165, 1.54) is 11.3 Å². The van der Waals surface area contributed by atoms with Crippen molar-refractivity contribution in [1.82, 2.24) is 20.4 Å². The molecule has 1 aliphatic rings. The molecule has 2 aromatic rings. The molecule has 10 heteroatoms. The molecule has 0 aromatic carbocycles. The van der Waals surface area contributed by atoms with Gasteiger partial charge in [-0.2, -0.15) is 0 Å². The van der Waals surface area contributed by atoms with Crippen LogP contribution in [0.15, 0.2) is 10.6 Å². The molecule has 0 aliphatic carbocycles. The zero-order valence-electron chi connectivity index (χ0n) is 15.0. The predicted molar refractivity (Wildman–Crippen MR) is 98.3 cm³/mol. The summed E-state index contributed by atoms with van der Waals surface area (Å²) in [5.41, 5.74) is 0.985. The number of nitrogens with zero attached hydrogens (tertiary/aromatic N) is 3. The second kappa shape index (κ2) is 7.83.